The molecule has 4 nitrogen and oxygen atoms in total. The first-order chi connectivity index (χ1) is 7.25. The first-order valence-corrected chi connectivity index (χ1v) is 5.70. The number of hydrogen-bond donors (Lipinski definition) is 0. The third kappa shape index (κ3) is 2.70. The lowest BCUT2D eigenvalue weighted by atomic mass is 10.4. The summed E-state index contributed by atoms with van der Waals surface area (Å²) in [7, 11) is 1.86. The molecule has 2 aromatic rings. The van der Waals surface area contributed by atoms with E-state index < -0.39 is 0 Å². The van der Waals surface area contributed by atoms with Gasteiger partial charge in [0.2, 0.25) is 0 Å². The SMILES string of the molecule is Cn1ncnc1SCc1cccc(Cl)n1. The highest BCUT2D eigenvalue weighted by Gasteiger charge is 2.02. The Labute approximate surface area is 96.7 Å². The van der Waals surface area contributed by atoms with Crippen molar-refractivity contribution in [3.8, 4) is 0 Å². The van der Waals surface area contributed by atoms with Gasteiger partial charge in [-0.2, -0.15) is 5.10 Å². The smallest absolute Gasteiger partial charge is 0.186 e. The highest BCUT2D eigenvalue weighted by molar-refractivity contribution is 7.98. The van der Waals surface area contributed by atoms with Crippen LogP contribution in [-0.2, 0) is 12.8 Å². The van der Waals surface area contributed by atoms with E-state index in [0.29, 0.717) is 5.15 Å². The molecule has 2 rings (SSSR count). The summed E-state index contributed by atoms with van der Waals surface area (Å²) < 4.78 is 1.73. The van der Waals surface area contributed by atoms with Gasteiger partial charge in [-0.1, -0.05) is 29.4 Å². The molecule has 0 aliphatic heterocycles. The third-order valence-corrected chi connectivity index (χ3v) is 3.07. The van der Waals surface area contributed by atoms with E-state index in [1.165, 1.54) is 6.33 Å². The van der Waals surface area contributed by atoms with Crippen LogP contribution >= 0.6 is 23.4 Å². The minimum atomic E-state index is 0.520. The third-order valence-electron chi connectivity index (χ3n) is 1.79. The van der Waals surface area contributed by atoms with Gasteiger partial charge >= 0.3 is 0 Å². The Bertz CT molecular complexity index is 457. The van der Waals surface area contributed by atoms with E-state index in [1.54, 1.807) is 22.5 Å². The van der Waals surface area contributed by atoms with Crippen molar-refractivity contribution >= 4 is 23.4 Å². The summed E-state index contributed by atoms with van der Waals surface area (Å²) in [4.78, 5) is 8.30. The second-order valence-corrected chi connectivity index (χ2v) is 4.24. The molecule has 0 N–H and O–H groups in total. The van der Waals surface area contributed by atoms with Gasteiger partial charge in [-0.15, -0.1) is 0 Å². The van der Waals surface area contributed by atoms with Crippen LogP contribution in [0, 0.1) is 0 Å². The van der Waals surface area contributed by atoms with Crippen molar-refractivity contribution in [1.82, 2.24) is 19.7 Å². The molecule has 0 amide bonds. The Balaban J connectivity index is 2.02. The number of thioether (sulfide) groups is 1. The van der Waals surface area contributed by atoms with Crippen LogP contribution in [0.15, 0.2) is 29.7 Å². The zero-order valence-corrected chi connectivity index (χ0v) is 9.66. The predicted molar refractivity (Wildman–Crippen MR) is 59.8 cm³/mol. The maximum atomic E-state index is 5.78. The number of hydrogen-bond acceptors (Lipinski definition) is 4. The zero-order chi connectivity index (χ0) is 10.7. The van der Waals surface area contributed by atoms with Crippen LogP contribution in [0.3, 0.4) is 0 Å². The molecule has 2 aromatic heterocycles. The van der Waals surface area contributed by atoms with Gasteiger partial charge in [-0.05, 0) is 12.1 Å². The quantitative estimate of drug-likeness (QED) is 0.609. The number of pyridine rings is 1. The molecule has 0 spiro atoms. The monoisotopic (exact) mass is 240 g/mol. The van der Waals surface area contributed by atoms with Gasteiger partial charge in [0.15, 0.2) is 5.16 Å². The van der Waals surface area contributed by atoms with Crippen LogP contribution in [0.5, 0.6) is 0 Å². The van der Waals surface area contributed by atoms with Crippen molar-refractivity contribution in [2.45, 2.75) is 10.9 Å². The van der Waals surface area contributed by atoms with E-state index in [4.69, 9.17) is 11.6 Å². The van der Waals surface area contributed by atoms with Crippen LogP contribution in [0.25, 0.3) is 0 Å². The summed E-state index contributed by atoms with van der Waals surface area (Å²) in [5.74, 6) is 0.743. The van der Waals surface area contributed by atoms with Crippen LogP contribution < -0.4 is 0 Å². The molecule has 0 aromatic carbocycles. The van der Waals surface area contributed by atoms with Crippen molar-refractivity contribution in [3.63, 3.8) is 0 Å². The van der Waals surface area contributed by atoms with Gasteiger partial charge in [-0.3, -0.25) is 0 Å². The van der Waals surface area contributed by atoms with Crippen molar-refractivity contribution in [3.05, 3.63) is 35.4 Å². The van der Waals surface area contributed by atoms with Gasteiger partial charge in [0.05, 0.1) is 5.69 Å². The lowest BCUT2D eigenvalue weighted by Gasteiger charge is -2.00. The minimum Gasteiger partial charge on any atom is -0.244 e. The molecule has 0 radical (unpaired) electrons. The summed E-state index contributed by atoms with van der Waals surface area (Å²) in [5, 5.41) is 5.38. The van der Waals surface area contributed by atoms with Crippen molar-refractivity contribution in [1.29, 1.82) is 0 Å². The summed E-state index contributed by atoms with van der Waals surface area (Å²) in [5.41, 5.74) is 0.940. The second-order valence-electron chi connectivity index (χ2n) is 2.91. The van der Waals surface area contributed by atoms with Crippen LogP contribution in [0.4, 0.5) is 0 Å². The zero-order valence-electron chi connectivity index (χ0n) is 8.09. The standard InChI is InChI=1S/C9H9ClN4S/c1-14-9(11-6-12-14)15-5-7-3-2-4-8(10)13-7/h2-4,6H,5H2,1H3. The molecular weight excluding hydrogens is 232 g/mol. The Hall–Kier alpha value is -1.07. The summed E-state index contributed by atoms with van der Waals surface area (Å²) in [6.45, 7) is 0. The molecule has 0 unspecified atom stereocenters. The largest absolute Gasteiger partial charge is 0.244 e. The lowest BCUT2D eigenvalue weighted by molar-refractivity contribution is 0.685. The molecule has 0 bridgehead atoms. The fourth-order valence-electron chi connectivity index (χ4n) is 1.09. The van der Waals surface area contributed by atoms with Crippen molar-refractivity contribution in [2.24, 2.45) is 7.05 Å². The number of halogens is 1. The van der Waals surface area contributed by atoms with Gasteiger partial charge in [0.1, 0.15) is 11.5 Å². The highest BCUT2D eigenvalue weighted by atomic mass is 35.5. The number of rotatable bonds is 3. The molecule has 15 heavy (non-hydrogen) atoms. The minimum absolute atomic E-state index is 0.520. The summed E-state index contributed by atoms with van der Waals surface area (Å²) >= 11 is 7.37. The molecule has 0 atom stereocenters. The van der Waals surface area contributed by atoms with E-state index in [9.17, 15) is 0 Å². The van der Waals surface area contributed by atoms with Gasteiger partial charge in [0.25, 0.3) is 0 Å². The molecule has 0 saturated carbocycles. The summed E-state index contributed by atoms with van der Waals surface area (Å²) in [6, 6.07) is 5.59. The molecule has 0 fully saturated rings. The molecule has 0 aliphatic rings. The average Bonchev–Trinajstić information content (AvgIpc) is 2.61. The molecule has 6 heteroatoms. The van der Waals surface area contributed by atoms with E-state index in [0.717, 1.165) is 16.6 Å². The number of aromatic nitrogens is 4. The Morgan fingerprint density at radius 2 is 2.33 bits per heavy atom. The molecular formula is C9H9ClN4S. The van der Waals surface area contributed by atoms with Gasteiger partial charge in [-0.25, -0.2) is 14.6 Å². The molecule has 2 heterocycles. The first-order valence-electron chi connectivity index (χ1n) is 4.34. The Kier molecular flexibility index (Phi) is 3.23. The number of nitrogens with zero attached hydrogens (tertiary/aromatic N) is 4. The van der Waals surface area contributed by atoms with Gasteiger partial charge in [0, 0.05) is 12.8 Å². The van der Waals surface area contributed by atoms with Gasteiger partial charge < -0.3 is 0 Å². The lowest BCUT2D eigenvalue weighted by Crippen LogP contribution is -1.94. The maximum Gasteiger partial charge on any atom is 0.186 e. The van der Waals surface area contributed by atoms with E-state index in [-0.39, 0.29) is 0 Å². The summed E-state index contributed by atoms with van der Waals surface area (Å²) in [6.07, 6.45) is 1.54. The number of aryl methyl sites for hydroxylation is 1. The van der Waals surface area contributed by atoms with Crippen LogP contribution in [0.1, 0.15) is 5.69 Å². The van der Waals surface area contributed by atoms with Crippen molar-refractivity contribution in [2.75, 3.05) is 0 Å². The maximum absolute atomic E-state index is 5.78. The fourth-order valence-corrected chi connectivity index (χ4v) is 2.06. The molecule has 0 aliphatic carbocycles. The van der Waals surface area contributed by atoms with Crippen molar-refractivity contribution < 1.29 is 0 Å². The normalized spacial score (nSPS) is 10.5. The topological polar surface area (TPSA) is 43.6 Å². The average molecular weight is 241 g/mol. The van der Waals surface area contributed by atoms with Crippen LogP contribution in [0.2, 0.25) is 5.15 Å². The fraction of sp³-hybridized carbons (Fsp3) is 0.222. The molecule has 0 saturated heterocycles. The first kappa shape index (κ1) is 10.4. The second kappa shape index (κ2) is 4.63. The van der Waals surface area contributed by atoms with E-state index in [1.807, 2.05) is 19.2 Å². The Morgan fingerprint density at radius 1 is 1.47 bits per heavy atom. The molecule has 78 valence electrons. The Morgan fingerprint density at radius 3 is 3.00 bits per heavy atom. The van der Waals surface area contributed by atoms with Crippen LogP contribution in [-0.4, -0.2) is 19.7 Å². The van der Waals surface area contributed by atoms with E-state index >= 15 is 0 Å². The predicted octanol–water partition coefficient (Wildman–Crippen LogP) is 2.16. The highest BCUT2D eigenvalue weighted by Crippen LogP contribution is 2.19. The van der Waals surface area contributed by atoms with E-state index in [2.05, 4.69) is 15.1 Å².